The molecule has 0 aromatic heterocycles. The lowest BCUT2D eigenvalue weighted by Crippen LogP contribution is -2.20. The topological polar surface area (TPSA) is 49.8 Å². The molecule has 20 heavy (non-hydrogen) atoms. The molecule has 1 heterocycles. The van der Waals surface area contributed by atoms with E-state index < -0.39 is 5.97 Å². The minimum Gasteiger partial charge on any atom is -0.496 e. The molecule has 1 unspecified atom stereocenters. The Morgan fingerprint density at radius 3 is 3.05 bits per heavy atom. The number of aliphatic carboxylic acids is 1. The maximum atomic E-state index is 10.6. The minimum absolute atomic E-state index is 0.263. The van der Waals surface area contributed by atoms with Crippen molar-refractivity contribution in [2.24, 2.45) is 5.92 Å². The van der Waals surface area contributed by atoms with Crippen molar-refractivity contribution in [3.63, 3.8) is 0 Å². The van der Waals surface area contributed by atoms with Gasteiger partial charge < -0.3 is 9.84 Å². The van der Waals surface area contributed by atoms with Crippen molar-refractivity contribution in [3.8, 4) is 5.75 Å². The summed E-state index contributed by atoms with van der Waals surface area (Å²) in [4.78, 5) is 12.9. The van der Waals surface area contributed by atoms with Gasteiger partial charge in [0, 0.05) is 30.1 Å². The first-order chi connectivity index (χ1) is 9.58. The molecule has 0 radical (unpaired) electrons. The van der Waals surface area contributed by atoms with Crippen molar-refractivity contribution in [2.45, 2.75) is 25.8 Å². The second-order valence-corrected chi connectivity index (χ2v) is 5.71. The Morgan fingerprint density at radius 1 is 1.55 bits per heavy atom. The van der Waals surface area contributed by atoms with Crippen molar-refractivity contribution in [1.29, 1.82) is 0 Å². The van der Waals surface area contributed by atoms with Crippen LogP contribution in [0.3, 0.4) is 0 Å². The number of methoxy groups -OCH3 is 1. The van der Waals surface area contributed by atoms with Gasteiger partial charge in [-0.15, -0.1) is 0 Å². The van der Waals surface area contributed by atoms with Crippen LogP contribution >= 0.6 is 11.6 Å². The van der Waals surface area contributed by atoms with Gasteiger partial charge in [-0.3, -0.25) is 9.69 Å². The highest BCUT2D eigenvalue weighted by Gasteiger charge is 2.23. The number of carboxylic acids is 1. The van der Waals surface area contributed by atoms with E-state index in [1.54, 1.807) is 7.11 Å². The maximum absolute atomic E-state index is 10.6. The van der Waals surface area contributed by atoms with Crippen LogP contribution < -0.4 is 4.74 Å². The van der Waals surface area contributed by atoms with Crippen LogP contribution in [0.15, 0.2) is 18.2 Å². The maximum Gasteiger partial charge on any atom is 0.303 e. The third-order valence-electron chi connectivity index (χ3n) is 3.77. The molecule has 1 N–H and O–H groups in total. The van der Waals surface area contributed by atoms with E-state index in [2.05, 4.69) is 4.90 Å². The molecule has 5 heteroatoms. The van der Waals surface area contributed by atoms with Gasteiger partial charge in [-0.25, -0.2) is 0 Å². The Hall–Kier alpha value is -1.26. The van der Waals surface area contributed by atoms with Crippen molar-refractivity contribution in [2.75, 3.05) is 20.2 Å². The number of halogens is 1. The highest BCUT2D eigenvalue weighted by atomic mass is 35.5. The number of rotatable bonds is 6. The minimum atomic E-state index is -0.708. The van der Waals surface area contributed by atoms with Crippen LogP contribution in [0.1, 0.15) is 24.8 Å². The predicted molar refractivity (Wildman–Crippen MR) is 78.3 cm³/mol. The van der Waals surface area contributed by atoms with E-state index in [0.29, 0.717) is 10.9 Å². The highest BCUT2D eigenvalue weighted by Crippen LogP contribution is 2.27. The standard InChI is InChI=1S/C15H20ClNO3/c1-20-14-4-3-13(16)8-12(14)10-17-7-6-11(9-17)2-5-15(18)19/h3-4,8,11H,2,5-7,9-10H2,1H3,(H,18,19). The zero-order valence-electron chi connectivity index (χ0n) is 11.6. The zero-order chi connectivity index (χ0) is 14.5. The van der Waals surface area contributed by atoms with Crippen LogP contribution in [0.4, 0.5) is 0 Å². The van der Waals surface area contributed by atoms with Gasteiger partial charge in [-0.05, 0) is 43.5 Å². The molecule has 1 saturated heterocycles. The summed E-state index contributed by atoms with van der Waals surface area (Å²) in [6, 6.07) is 5.64. The molecule has 1 atom stereocenters. The van der Waals surface area contributed by atoms with Gasteiger partial charge in [0.2, 0.25) is 0 Å². The number of hydrogen-bond acceptors (Lipinski definition) is 3. The number of carbonyl (C=O) groups is 1. The number of carboxylic acid groups (broad SMARTS) is 1. The molecular formula is C15H20ClNO3. The Balaban J connectivity index is 1.91. The van der Waals surface area contributed by atoms with Gasteiger partial charge in [0.15, 0.2) is 0 Å². The first-order valence-electron chi connectivity index (χ1n) is 6.85. The van der Waals surface area contributed by atoms with E-state index in [1.165, 1.54) is 0 Å². The van der Waals surface area contributed by atoms with E-state index in [-0.39, 0.29) is 6.42 Å². The van der Waals surface area contributed by atoms with Crippen LogP contribution in [-0.2, 0) is 11.3 Å². The Bertz CT molecular complexity index is 478. The zero-order valence-corrected chi connectivity index (χ0v) is 12.4. The summed E-state index contributed by atoms with van der Waals surface area (Å²) >= 11 is 6.03. The Labute approximate surface area is 124 Å². The van der Waals surface area contributed by atoms with E-state index >= 15 is 0 Å². The first-order valence-corrected chi connectivity index (χ1v) is 7.23. The normalized spacial score (nSPS) is 19.2. The third kappa shape index (κ3) is 4.12. The lowest BCUT2D eigenvalue weighted by atomic mass is 10.0. The molecule has 1 aliphatic heterocycles. The first kappa shape index (κ1) is 15.1. The van der Waals surface area contributed by atoms with Crippen molar-refractivity contribution >= 4 is 17.6 Å². The van der Waals surface area contributed by atoms with Gasteiger partial charge in [-0.2, -0.15) is 0 Å². The average Bonchev–Trinajstić information content (AvgIpc) is 2.84. The summed E-state index contributed by atoms with van der Waals surface area (Å²) < 4.78 is 5.35. The van der Waals surface area contributed by atoms with Crippen molar-refractivity contribution in [1.82, 2.24) is 4.90 Å². The second kappa shape index (κ2) is 6.95. The smallest absolute Gasteiger partial charge is 0.303 e. The van der Waals surface area contributed by atoms with E-state index in [1.807, 2.05) is 18.2 Å². The molecule has 0 saturated carbocycles. The number of ether oxygens (including phenoxy) is 1. The number of benzene rings is 1. The fourth-order valence-corrected chi connectivity index (χ4v) is 2.93. The number of hydrogen-bond donors (Lipinski definition) is 1. The summed E-state index contributed by atoms with van der Waals surface area (Å²) in [6.45, 7) is 2.75. The van der Waals surface area contributed by atoms with Crippen LogP contribution in [0.25, 0.3) is 0 Å². The molecule has 1 aromatic carbocycles. The van der Waals surface area contributed by atoms with Crippen LogP contribution in [-0.4, -0.2) is 36.2 Å². The molecule has 4 nitrogen and oxygen atoms in total. The van der Waals surface area contributed by atoms with Crippen molar-refractivity contribution in [3.05, 3.63) is 28.8 Å². The van der Waals surface area contributed by atoms with Gasteiger partial charge in [0.25, 0.3) is 0 Å². The Morgan fingerprint density at radius 2 is 2.35 bits per heavy atom. The SMILES string of the molecule is COc1ccc(Cl)cc1CN1CCC(CCC(=O)O)C1. The summed E-state index contributed by atoms with van der Waals surface area (Å²) in [5, 5.41) is 9.44. The predicted octanol–water partition coefficient (Wildman–Crippen LogP) is 3.04. The lowest BCUT2D eigenvalue weighted by Gasteiger charge is -2.18. The molecule has 1 aliphatic rings. The molecule has 1 fully saturated rings. The molecule has 1 aromatic rings. The van der Waals surface area contributed by atoms with Crippen LogP contribution in [0.2, 0.25) is 5.02 Å². The molecule has 0 amide bonds. The fraction of sp³-hybridized carbons (Fsp3) is 0.533. The van der Waals surface area contributed by atoms with Gasteiger partial charge in [0.05, 0.1) is 7.11 Å². The summed E-state index contributed by atoms with van der Waals surface area (Å²) in [5.74, 6) is 0.625. The fourth-order valence-electron chi connectivity index (χ4n) is 2.73. The van der Waals surface area contributed by atoms with Gasteiger partial charge in [0.1, 0.15) is 5.75 Å². The van der Waals surface area contributed by atoms with Crippen LogP contribution in [0.5, 0.6) is 5.75 Å². The monoisotopic (exact) mass is 297 g/mol. The lowest BCUT2D eigenvalue weighted by molar-refractivity contribution is -0.137. The molecule has 110 valence electrons. The van der Waals surface area contributed by atoms with Crippen molar-refractivity contribution < 1.29 is 14.6 Å². The summed E-state index contributed by atoms with van der Waals surface area (Å²) in [7, 11) is 1.66. The largest absolute Gasteiger partial charge is 0.496 e. The molecule has 2 rings (SSSR count). The summed E-state index contributed by atoms with van der Waals surface area (Å²) in [6.07, 6.45) is 2.09. The summed E-state index contributed by atoms with van der Waals surface area (Å²) in [5.41, 5.74) is 1.08. The Kier molecular flexibility index (Phi) is 5.26. The van der Waals surface area contributed by atoms with E-state index in [4.69, 9.17) is 21.4 Å². The van der Waals surface area contributed by atoms with Gasteiger partial charge in [-0.1, -0.05) is 11.6 Å². The third-order valence-corrected chi connectivity index (χ3v) is 4.01. The highest BCUT2D eigenvalue weighted by molar-refractivity contribution is 6.30. The molecule has 0 aliphatic carbocycles. The molecular weight excluding hydrogens is 278 g/mol. The van der Waals surface area contributed by atoms with Gasteiger partial charge >= 0.3 is 5.97 Å². The van der Waals surface area contributed by atoms with E-state index in [9.17, 15) is 4.79 Å². The molecule has 0 bridgehead atoms. The van der Waals surface area contributed by atoms with E-state index in [0.717, 1.165) is 43.8 Å². The number of nitrogens with zero attached hydrogens (tertiary/aromatic N) is 1. The quantitative estimate of drug-likeness (QED) is 0.877. The molecule has 0 spiro atoms. The average molecular weight is 298 g/mol. The number of likely N-dealkylation sites (tertiary alicyclic amines) is 1. The van der Waals surface area contributed by atoms with Crippen LogP contribution in [0, 0.1) is 5.92 Å². The second-order valence-electron chi connectivity index (χ2n) is 5.28.